The van der Waals surface area contributed by atoms with Crippen molar-refractivity contribution in [1.29, 1.82) is 0 Å². The maximum Gasteiger partial charge on any atom is 0.472 e. The van der Waals surface area contributed by atoms with Crippen LogP contribution in [-0.2, 0) is 65.4 Å². The number of aliphatic hydroxyl groups is 1. The fourth-order valence-electron chi connectivity index (χ4n) is 11.8. The largest absolute Gasteiger partial charge is 0.472 e. The molecular formula is C78H152O17P2. The molecule has 0 aliphatic carbocycles. The summed E-state index contributed by atoms with van der Waals surface area (Å²) in [6, 6.07) is 0. The van der Waals surface area contributed by atoms with Gasteiger partial charge >= 0.3 is 39.5 Å². The Morgan fingerprint density at radius 3 is 0.732 bits per heavy atom. The Kier molecular flexibility index (Phi) is 65.9. The minimum absolute atomic E-state index is 0.104. The van der Waals surface area contributed by atoms with Crippen molar-refractivity contribution in [1.82, 2.24) is 0 Å². The third-order valence-electron chi connectivity index (χ3n) is 18.8. The first-order chi connectivity index (χ1) is 46.7. The number of carbonyl (C=O) groups is 4. The minimum atomic E-state index is -4.96. The number of phosphoric ester groups is 2. The van der Waals surface area contributed by atoms with Gasteiger partial charge in [-0.05, 0) is 49.4 Å². The molecule has 97 heavy (non-hydrogen) atoms. The molecule has 19 heteroatoms. The molecule has 0 spiro atoms. The minimum Gasteiger partial charge on any atom is -0.462 e. The topological polar surface area (TPSA) is 237 Å². The van der Waals surface area contributed by atoms with E-state index in [-0.39, 0.29) is 25.7 Å². The van der Waals surface area contributed by atoms with E-state index in [0.29, 0.717) is 25.7 Å². The summed E-state index contributed by atoms with van der Waals surface area (Å²) in [7, 11) is -9.92. The average molecular weight is 1420 g/mol. The Morgan fingerprint density at radius 2 is 0.495 bits per heavy atom. The van der Waals surface area contributed by atoms with E-state index < -0.39 is 97.5 Å². The highest BCUT2D eigenvalue weighted by atomic mass is 31.2. The van der Waals surface area contributed by atoms with Crippen LogP contribution in [0, 0.1) is 23.7 Å². The Morgan fingerprint density at radius 1 is 0.289 bits per heavy atom. The summed E-state index contributed by atoms with van der Waals surface area (Å²) in [5, 5.41) is 10.6. The smallest absolute Gasteiger partial charge is 0.462 e. The number of rotatable bonds is 75. The highest BCUT2D eigenvalue weighted by molar-refractivity contribution is 7.47. The van der Waals surface area contributed by atoms with Gasteiger partial charge in [-0.3, -0.25) is 37.3 Å². The molecule has 4 unspecified atom stereocenters. The second-order valence-electron chi connectivity index (χ2n) is 29.5. The fraction of sp³-hybridized carbons (Fsp3) is 0.949. The predicted molar refractivity (Wildman–Crippen MR) is 395 cm³/mol. The maximum absolute atomic E-state index is 13.1. The van der Waals surface area contributed by atoms with Gasteiger partial charge in [-0.25, -0.2) is 9.13 Å². The first kappa shape index (κ1) is 95.1. The van der Waals surface area contributed by atoms with Crippen molar-refractivity contribution in [2.75, 3.05) is 39.6 Å². The van der Waals surface area contributed by atoms with Crippen molar-refractivity contribution in [3.63, 3.8) is 0 Å². The molecule has 17 nitrogen and oxygen atoms in total. The van der Waals surface area contributed by atoms with Gasteiger partial charge in [0.1, 0.15) is 19.3 Å². The molecular weight excluding hydrogens is 1270 g/mol. The Balaban J connectivity index is 5.20. The van der Waals surface area contributed by atoms with Crippen LogP contribution in [0.25, 0.3) is 0 Å². The fourth-order valence-corrected chi connectivity index (χ4v) is 13.4. The van der Waals surface area contributed by atoms with Crippen LogP contribution < -0.4 is 0 Å². The van der Waals surface area contributed by atoms with Gasteiger partial charge in [-0.2, -0.15) is 0 Å². The van der Waals surface area contributed by atoms with Crippen molar-refractivity contribution in [3.05, 3.63) is 0 Å². The van der Waals surface area contributed by atoms with Crippen molar-refractivity contribution in [2.45, 2.75) is 414 Å². The molecule has 0 radical (unpaired) electrons. The highest BCUT2D eigenvalue weighted by Gasteiger charge is 2.30. The zero-order valence-electron chi connectivity index (χ0n) is 63.7. The van der Waals surface area contributed by atoms with Crippen LogP contribution in [-0.4, -0.2) is 96.7 Å². The zero-order chi connectivity index (χ0) is 71.7. The van der Waals surface area contributed by atoms with Gasteiger partial charge in [0.2, 0.25) is 0 Å². The number of aliphatic hydroxyl groups excluding tert-OH is 1. The van der Waals surface area contributed by atoms with Gasteiger partial charge in [0.25, 0.3) is 0 Å². The van der Waals surface area contributed by atoms with E-state index in [1.165, 1.54) is 193 Å². The lowest BCUT2D eigenvalue weighted by molar-refractivity contribution is -0.161. The monoisotopic (exact) mass is 1420 g/mol. The van der Waals surface area contributed by atoms with Crippen molar-refractivity contribution in [3.8, 4) is 0 Å². The SMILES string of the molecule is CCC(C)CCCCCCCCCCCCCCCCCCCCC(=O)O[C@H](COC(=O)CCCCCCCCCCCCC(C)C)COP(=O)(O)OC[C@@H](O)COP(=O)(O)OC[C@@H](COC(=O)CCCCCCCCC(C)CC)OC(=O)CCCCCCCCCCCC(C)C. The van der Waals surface area contributed by atoms with E-state index in [4.69, 9.17) is 37.0 Å². The predicted octanol–water partition coefficient (Wildman–Crippen LogP) is 22.8. The van der Waals surface area contributed by atoms with E-state index in [9.17, 15) is 43.2 Å². The summed E-state index contributed by atoms with van der Waals surface area (Å²) in [5.74, 6) is 0.976. The molecule has 7 atom stereocenters. The Labute approximate surface area is 594 Å². The van der Waals surface area contributed by atoms with Gasteiger partial charge in [-0.1, -0.05) is 344 Å². The summed E-state index contributed by atoms with van der Waals surface area (Å²) in [6.07, 6.45) is 52.8. The first-order valence-electron chi connectivity index (χ1n) is 40.3. The van der Waals surface area contributed by atoms with Crippen LogP contribution in [0.15, 0.2) is 0 Å². The molecule has 0 aromatic heterocycles. The summed E-state index contributed by atoms with van der Waals surface area (Å²) in [4.78, 5) is 72.8. The number of unbranched alkanes of at least 4 members (excludes halogenated alkanes) is 39. The first-order valence-corrected chi connectivity index (χ1v) is 43.3. The van der Waals surface area contributed by atoms with Crippen molar-refractivity contribution in [2.24, 2.45) is 23.7 Å². The van der Waals surface area contributed by atoms with Gasteiger partial charge in [-0.15, -0.1) is 0 Å². The second-order valence-corrected chi connectivity index (χ2v) is 32.4. The molecule has 0 aliphatic rings. The molecule has 0 aliphatic heterocycles. The molecule has 576 valence electrons. The Hall–Kier alpha value is -1.94. The molecule has 0 saturated heterocycles. The summed E-state index contributed by atoms with van der Waals surface area (Å²) < 4.78 is 68.5. The van der Waals surface area contributed by atoms with Crippen molar-refractivity contribution >= 4 is 39.5 Å². The zero-order valence-corrected chi connectivity index (χ0v) is 65.5. The van der Waals surface area contributed by atoms with Gasteiger partial charge in [0, 0.05) is 25.7 Å². The van der Waals surface area contributed by atoms with Crippen LogP contribution in [0.5, 0.6) is 0 Å². The van der Waals surface area contributed by atoms with Crippen molar-refractivity contribution < 1.29 is 80.2 Å². The van der Waals surface area contributed by atoms with Gasteiger partial charge < -0.3 is 33.8 Å². The highest BCUT2D eigenvalue weighted by Crippen LogP contribution is 2.45. The summed E-state index contributed by atoms with van der Waals surface area (Å²) in [6.45, 7) is 14.2. The third kappa shape index (κ3) is 69.5. The number of hydrogen-bond donors (Lipinski definition) is 3. The number of phosphoric acid groups is 2. The number of ether oxygens (including phenoxy) is 4. The van der Waals surface area contributed by atoms with Gasteiger partial charge in [0.05, 0.1) is 26.4 Å². The second kappa shape index (κ2) is 67.2. The normalized spacial score (nSPS) is 14.6. The van der Waals surface area contributed by atoms with Crippen LogP contribution in [0.4, 0.5) is 0 Å². The quantitative estimate of drug-likeness (QED) is 0.0222. The molecule has 0 rings (SSSR count). The lowest BCUT2D eigenvalue weighted by atomic mass is 9.99. The van der Waals surface area contributed by atoms with E-state index in [1.807, 2.05) is 0 Å². The molecule has 0 amide bonds. The molecule has 0 aromatic rings. The Bertz CT molecular complexity index is 1910. The summed E-state index contributed by atoms with van der Waals surface area (Å²) in [5.41, 5.74) is 0. The molecule has 0 heterocycles. The average Bonchev–Trinajstić information content (AvgIpc) is 1.36. The van der Waals surface area contributed by atoms with E-state index in [1.54, 1.807) is 0 Å². The maximum atomic E-state index is 13.1. The van der Waals surface area contributed by atoms with Crippen LogP contribution >= 0.6 is 15.6 Å². The molecule has 0 saturated carbocycles. The van der Waals surface area contributed by atoms with Crippen LogP contribution in [0.2, 0.25) is 0 Å². The van der Waals surface area contributed by atoms with E-state index in [0.717, 1.165) is 120 Å². The number of esters is 4. The standard InChI is InChI=1S/C78H152O17P2/c1-9-70(7)56-48-40-32-26-19-17-15-13-11-12-14-16-18-20-28-34-44-52-60-77(82)94-73(64-88-75(80)58-50-42-33-27-22-21-24-30-38-46-54-68(3)4)66-92-96(84,85)90-62-72(79)63-91-97(86,87)93-67-74(65-89-76(81)59-51-43-37-36-41-49-57-71(8)10-2)95-78(83)61-53-45-35-29-23-25-31-39-47-55-69(5)6/h68-74,79H,9-67H2,1-8H3,(H,84,85)(H,86,87)/t70?,71?,72-,73-,74-/m1/s1. The lowest BCUT2D eigenvalue weighted by Crippen LogP contribution is -2.30. The molecule has 0 bridgehead atoms. The molecule has 0 aromatic carbocycles. The van der Waals surface area contributed by atoms with Crippen LogP contribution in [0.1, 0.15) is 396 Å². The number of hydrogen-bond acceptors (Lipinski definition) is 15. The van der Waals surface area contributed by atoms with Crippen LogP contribution in [0.3, 0.4) is 0 Å². The molecule has 3 N–H and O–H groups in total. The lowest BCUT2D eigenvalue weighted by Gasteiger charge is -2.21. The third-order valence-corrected chi connectivity index (χ3v) is 20.7. The summed E-state index contributed by atoms with van der Waals surface area (Å²) >= 11 is 0. The van der Waals surface area contributed by atoms with Gasteiger partial charge in [0.15, 0.2) is 12.2 Å². The molecule has 0 fully saturated rings. The van der Waals surface area contributed by atoms with E-state index >= 15 is 0 Å². The number of carbonyl (C=O) groups excluding carboxylic acids is 4. The van der Waals surface area contributed by atoms with E-state index in [2.05, 4.69) is 55.4 Å².